The average molecular weight is 472 g/mol. The molecule has 8 heteroatoms. The Labute approximate surface area is 199 Å². The maximum Gasteiger partial charge on any atom is 0.233 e. The van der Waals surface area contributed by atoms with Crippen molar-refractivity contribution in [2.24, 2.45) is 0 Å². The lowest BCUT2D eigenvalue weighted by Crippen LogP contribution is -2.57. The van der Waals surface area contributed by atoms with Gasteiger partial charge in [0.2, 0.25) is 5.91 Å². The Morgan fingerprint density at radius 1 is 1.06 bits per heavy atom. The quantitative estimate of drug-likeness (QED) is 0.679. The number of fused-ring (bicyclic) bond motifs is 1. The van der Waals surface area contributed by atoms with E-state index in [0.717, 1.165) is 69.2 Å². The lowest BCUT2D eigenvalue weighted by atomic mass is 9.71. The van der Waals surface area contributed by atoms with Crippen LogP contribution in [0.5, 0.6) is 0 Å². The van der Waals surface area contributed by atoms with Crippen molar-refractivity contribution in [3.05, 3.63) is 52.4 Å². The van der Waals surface area contributed by atoms with Crippen LogP contribution in [-0.2, 0) is 16.0 Å². The van der Waals surface area contributed by atoms with E-state index in [4.69, 9.17) is 11.6 Å². The highest BCUT2D eigenvalue weighted by molar-refractivity contribution is 7.99. The highest BCUT2D eigenvalue weighted by Crippen LogP contribution is 2.44. The molecule has 0 spiro atoms. The number of hydrogen-bond donors (Lipinski definition) is 0. The molecule has 0 bridgehead atoms. The number of nitrogens with zero attached hydrogens (tertiary/aromatic N) is 5. The Bertz CT molecular complexity index is 984. The first-order chi connectivity index (χ1) is 15.5. The molecule has 1 aromatic carbocycles. The monoisotopic (exact) mass is 471 g/mol. The van der Waals surface area contributed by atoms with Gasteiger partial charge in [-0.25, -0.2) is 9.97 Å². The zero-order chi connectivity index (χ0) is 22.3. The van der Waals surface area contributed by atoms with Gasteiger partial charge in [-0.3, -0.25) is 4.79 Å². The molecule has 2 saturated heterocycles. The van der Waals surface area contributed by atoms with Crippen LogP contribution in [0, 0.1) is 0 Å². The molecule has 0 radical (unpaired) electrons. The number of hydrogen-bond acceptors (Lipinski definition) is 6. The van der Waals surface area contributed by atoms with Gasteiger partial charge in [-0.2, -0.15) is 0 Å². The number of piperidine rings is 1. The van der Waals surface area contributed by atoms with Crippen LogP contribution < -0.4 is 4.90 Å². The maximum atomic E-state index is 14.0. The minimum Gasteiger partial charge on any atom is -0.353 e. The van der Waals surface area contributed by atoms with E-state index in [1.807, 2.05) is 36.0 Å². The molecule has 32 heavy (non-hydrogen) atoms. The standard InChI is InChI=1S/C24H30ClN5OS/c1-17-21-20(15-32-17)26-16-27-22(21)29-11-13-30(14-12-29)23(31)24(7-9-28(2)10-8-24)18-3-5-19(25)6-4-18/h3-6,16-17H,7-15H2,1-2H3. The van der Waals surface area contributed by atoms with E-state index in [2.05, 4.69) is 38.6 Å². The third-order valence-electron chi connectivity index (χ3n) is 7.34. The van der Waals surface area contributed by atoms with Gasteiger partial charge in [0.25, 0.3) is 0 Å². The minimum absolute atomic E-state index is 0.268. The van der Waals surface area contributed by atoms with Crippen molar-refractivity contribution in [3.8, 4) is 0 Å². The van der Waals surface area contributed by atoms with Crippen LogP contribution in [0.1, 0.15) is 41.8 Å². The van der Waals surface area contributed by atoms with Gasteiger partial charge in [0.1, 0.15) is 12.1 Å². The first-order valence-electron chi connectivity index (χ1n) is 11.4. The van der Waals surface area contributed by atoms with Gasteiger partial charge in [-0.15, -0.1) is 11.8 Å². The molecule has 6 nitrogen and oxygen atoms in total. The lowest BCUT2D eigenvalue weighted by Gasteiger charge is -2.45. The molecule has 5 rings (SSSR count). The van der Waals surface area contributed by atoms with Crippen LogP contribution in [0.3, 0.4) is 0 Å². The van der Waals surface area contributed by atoms with Crippen molar-refractivity contribution >= 4 is 35.1 Å². The SMILES string of the molecule is CC1SCc2ncnc(N3CCN(C(=O)C4(c5ccc(Cl)cc5)CCN(C)CC4)CC3)c21. The molecule has 1 amide bonds. The maximum absolute atomic E-state index is 14.0. The Balaban J connectivity index is 1.35. The van der Waals surface area contributed by atoms with Crippen LogP contribution >= 0.6 is 23.4 Å². The number of likely N-dealkylation sites (tertiary alicyclic amines) is 1. The van der Waals surface area contributed by atoms with Crippen molar-refractivity contribution in [2.45, 2.75) is 36.2 Å². The smallest absolute Gasteiger partial charge is 0.233 e. The van der Waals surface area contributed by atoms with Gasteiger partial charge in [0.05, 0.1) is 11.1 Å². The van der Waals surface area contributed by atoms with Gasteiger partial charge in [-0.1, -0.05) is 23.7 Å². The van der Waals surface area contributed by atoms with E-state index in [0.29, 0.717) is 10.3 Å². The number of amides is 1. The number of benzene rings is 1. The first-order valence-corrected chi connectivity index (χ1v) is 12.8. The molecule has 170 valence electrons. The number of carbonyl (C=O) groups is 1. The number of thioether (sulfide) groups is 1. The van der Waals surface area contributed by atoms with E-state index in [1.54, 1.807) is 6.33 Å². The van der Waals surface area contributed by atoms with E-state index in [-0.39, 0.29) is 5.91 Å². The summed E-state index contributed by atoms with van der Waals surface area (Å²) in [5.74, 6) is 2.29. The topological polar surface area (TPSA) is 52.6 Å². The molecular formula is C24H30ClN5OS. The summed E-state index contributed by atoms with van der Waals surface area (Å²) in [6.45, 7) is 7.16. The van der Waals surface area contributed by atoms with Crippen LogP contribution in [-0.4, -0.2) is 72.0 Å². The summed E-state index contributed by atoms with van der Waals surface area (Å²) in [6, 6.07) is 7.92. The molecule has 1 aromatic heterocycles. The zero-order valence-corrected chi connectivity index (χ0v) is 20.3. The second-order valence-corrected chi connectivity index (χ2v) is 10.9. The second kappa shape index (κ2) is 8.84. The first kappa shape index (κ1) is 22.0. The van der Waals surface area contributed by atoms with E-state index >= 15 is 0 Å². The largest absolute Gasteiger partial charge is 0.353 e. The summed E-state index contributed by atoms with van der Waals surface area (Å²) in [5, 5.41) is 1.14. The molecule has 3 aliphatic rings. The summed E-state index contributed by atoms with van der Waals surface area (Å²) in [7, 11) is 2.13. The number of carbonyl (C=O) groups excluding carboxylic acids is 1. The molecule has 4 heterocycles. The Kier molecular flexibility index (Phi) is 6.07. The third-order valence-corrected chi connectivity index (χ3v) is 8.76. The summed E-state index contributed by atoms with van der Waals surface area (Å²) in [4.78, 5) is 29.8. The predicted octanol–water partition coefficient (Wildman–Crippen LogP) is 3.75. The molecule has 3 aliphatic heterocycles. The highest BCUT2D eigenvalue weighted by atomic mass is 35.5. The fraction of sp³-hybridized carbons (Fsp3) is 0.542. The fourth-order valence-electron chi connectivity index (χ4n) is 5.31. The van der Waals surface area contributed by atoms with Gasteiger partial charge in [-0.05, 0) is 57.6 Å². The van der Waals surface area contributed by atoms with Crippen molar-refractivity contribution in [1.29, 1.82) is 0 Å². The molecule has 1 atom stereocenters. The van der Waals surface area contributed by atoms with Gasteiger partial charge < -0.3 is 14.7 Å². The normalized spacial score (nSPS) is 23.3. The van der Waals surface area contributed by atoms with E-state index in [1.165, 1.54) is 11.3 Å². The summed E-state index contributed by atoms with van der Waals surface area (Å²) >= 11 is 8.07. The van der Waals surface area contributed by atoms with Crippen LogP contribution in [0.4, 0.5) is 5.82 Å². The number of halogens is 1. The lowest BCUT2D eigenvalue weighted by molar-refractivity contribution is -0.139. The van der Waals surface area contributed by atoms with Crippen molar-refractivity contribution in [3.63, 3.8) is 0 Å². The number of aromatic nitrogens is 2. The minimum atomic E-state index is -0.458. The third kappa shape index (κ3) is 3.88. The van der Waals surface area contributed by atoms with Gasteiger partial charge in [0.15, 0.2) is 0 Å². The number of piperazine rings is 1. The molecule has 0 saturated carbocycles. The second-order valence-electron chi connectivity index (χ2n) is 9.18. The zero-order valence-electron chi connectivity index (χ0n) is 18.8. The molecule has 2 fully saturated rings. The molecule has 1 unspecified atom stereocenters. The Hall–Kier alpha value is -1.83. The molecular weight excluding hydrogens is 442 g/mol. The molecule has 0 N–H and O–H groups in total. The van der Waals surface area contributed by atoms with Crippen LogP contribution in [0.15, 0.2) is 30.6 Å². The number of rotatable bonds is 3. The van der Waals surface area contributed by atoms with Crippen molar-refractivity contribution in [2.75, 3.05) is 51.2 Å². The summed E-state index contributed by atoms with van der Waals surface area (Å²) in [5.41, 5.74) is 3.09. The molecule has 2 aromatic rings. The highest BCUT2D eigenvalue weighted by Gasteiger charge is 2.45. The predicted molar refractivity (Wildman–Crippen MR) is 130 cm³/mol. The fourth-order valence-corrected chi connectivity index (χ4v) is 6.48. The summed E-state index contributed by atoms with van der Waals surface area (Å²) < 4.78 is 0. The van der Waals surface area contributed by atoms with Gasteiger partial charge >= 0.3 is 0 Å². The Morgan fingerprint density at radius 2 is 1.75 bits per heavy atom. The van der Waals surface area contributed by atoms with Crippen molar-refractivity contribution < 1.29 is 4.79 Å². The van der Waals surface area contributed by atoms with Crippen LogP contribution in [0.25, 0.3) is 0 Å². The van der Waals surface area contributed by atoms with E-state index in [9.17, 15) is 4.79 Å². The molecule has 0 aliphatic carbocycles. The van der Waals surface area contributed by atoms with Crippen LogP contribution in [0.2, 0.25) is 5.02 Å². The Morgan fingerprint density at radius 3 is 2.44 bits per heavy atom. The van der Waals surface area contributed by atoms with Gasteiger partial charge in [0, 0.05) is 47.8 Å². The van der Waals surface area contributed by atoms with E-state index < -0.39 is 5.41 Å². The average Bonchev–Trinajstić information content (AvgIpc) is 3.21. The number of anilines is 1. The van der Waals surface area contributed by atoms with Crippen molar-refractivity contribution in [1.82, 2.24) is 19.8 Å². The summed E-state index contributed by atoms with van der Waals surface area (Å²) in [6.07, 6.45) is 3.38.